The van der Waals surface area contributed by atoms with Crippen LogP contribution in [0.4, 0.5) is 0 Å². The van der Waals surface area contributed by atoms with E-state index < -0.39 is 0 Å². The van der Waals surface area contributed by atoms with E-state index in [-0.39, 0.29) is 6.10 Å². The van der Waals surface area contributed by atoms with Crippen molar-refractivity contribution in [3.8, 4) is 0 Å². The predicted octanol–water partition coefficient (Wildman–Crippen LogP) is 1.83. The molecular weight excluding hydrogens is 152 g/mol. The van der Waals surface area contributed by atoms with E-state index in [2.05, 4.69) is 16.5 Å². The van der Waals surface area contributed by atoms with Gasteiger partial charge in [0.25, 0.3) is 0 Å². The zero-order valence-corrected chi connectivity index (χ0v) is 7.95. The van der Waals surface area contributed by atoms with Crippen molar-refractivity contribution in [2.75, 3.05) is 0 Å². The highest BCUT2D eigenvalue weighted by atomic mass is 16.5. The first-order valence-corrected chi connectivity index (χ1v) is 4.35. The fraction of sp³-hybridized carbons (Fsp3) is 0.667. The number of aryl methyl sites for hydroxylation is 1. The lowest BCUT2D eigenvalue weighted by Crippen LogP contribution is -2.07. The highest BCUT2D eigenvalue weighted by Gasteiger charge is 2.01. The Morgan fingerprint density at radius 3 is 2.92 bits per heavy atom. The standard InChI is InChI=1S/C9H16N2O/c1-4-11-6-5-10-9(11)7-12-8(2)3/h5-6,8H,4,7H2,1-3H3. The zero-order valence-electron chi connectivity index (χ0n) is 7.95. The third-order valence-electron chi connectivity index (χ3n) is 1.69. The molecule has 0 radical (unpaired) electrons. The first kappa shape index (κ1) is 9.26. The Kier molecular flexibility index (Phi) is 3.29. The fourth-order valence-corrected chi connectivity index (χ4v) is 1.01. The van der Waals surface area contributed by atoms with Gasteiger partial charge in [0.2, 0.25) is 0 Å². The summed E-state index contributed by atoms with van der Waals surface area (Å²) in [4.78, 5) is 4.20. The van der Waals surface area contributed by atoms with E-state index in [1.807, 2.05) is 26.2 Å². The van der Waals surface area contributed by atoms with Crippen molar-refractivity contribution in [2.24, 2.45) is 0 Å². The average Bonchev–Trinajstić information content (AvgIpc) is 2.47. The van der Waals surface area contributed by atoms with Gasteiger partial charge in [-0.25, -0.2) is 4.98 Å². The minimum absolute atomic E-state index is 0.270. The quantitative estimate of drug-likeness (QED) is 0.685. The summed E-state index contributed by atoms with van der Waals surface area (Å²) in [6, 6.07) is 0. The molecule has 0 spiro atoms. The van der Waals surface area contributed by atoms with Crippen LogP contribution in [0.5, 0.6) is 0 Å². The minimum atomic E-state index is 0.270. The summed E-state index contributed by atoms with van der Waals surface area (Å²) in [7, 11) is 0. The maximum absolute atomic E-state index is 5.45. The van der Waals surface area contributed by atoms with Crippen molar-refractivity contribution in [1.82, 2.24) is 9.55 Å². The molecule has 0 aliphatic rings. The van der Waals surface area contributed by atoms with Crippen LogP contribution in [0.3, 0.4) is 0 Å². The topological polar surface area (TPSA) is 27.1 Å². The molecule has 1 aromatic heterocycles. The van der Waals surface area contributed by atoms with Crippen molar-refractivity contribution in [3.63, 3.8) is 0 Å². The van der Waals surface area contributed by atoms with Gasteiger partial charge in [-0.1, -0.05) is 0 Å². The number of hydrogen-bond donors (Lipinski definition) is 0. The molecule has 0 amide bonds. The molecule has 0 aromatic carbocycles. The van der Waals surface area contributed by atoms with Crippen LogP contribution in [-0.2, 0) is 17.9 Å². The number of ether oxygens (including phenoxy) is 1. The van der Waals surface area contributed by atoms with Gasteiger partial charge < -0.3 is 9.30 Å². The highest BCUT2D eigenvalue weighted by Crippen LogP contribution is 2.01. The fourth-order valence-electron chi connectivity index (χ4n) is 1.01. The second kappa shape index (κ2) is 4.26. The number of nitrogens with zero attached hydrogens (tertiary/aromatic N) is 2. The maximum atomic E-state index is 5.45. The maximum Gasteiger partial charge on any atom is 0.134 e. The lowest BCUT2D eigenvalue weighted by molar-refractivity contribution is 0.0595. The van der Waals surface area contributed by atoms with Crippen molar-refractivity contribution in [1.29, 1.82) is 0 Å². The summed E-state index contributed by atoms with van der Waals surface area (Å²) in [5, 5.41) is 0. The lowest BCUT2D eigenvalue weighted by Gasteiger charge is -2.08. The molecule has 1 aromatic rings. The molecule has 0 bridgehead atoms. The Bertz CT molecular complexity index is 230. The van der Waals surface area contributed by atoms with Gasteiger partial charge in [0.15, 0.2) is 0 Å². The van der Waals surface area contributed by atoms with E-state index in [0.29, 0.717) is 6.61 Å². The second-order valence-electron chi connectivity index (χ2n) is 2.99. The molecule has 12 heavy (non-hydrogen) atoms. The van der Waals surface area contributed by atoms with Gasteiger partial charge in [0.05, 0.1) is 6.10 Å². The van der Waals surface area contributed by atoms with E-state index in [1.165, 1.54) is 0 Å². The third-order valence-corrected chi connectivity index (χ3v) is 1.69. The van der Waals surface area contributed by atoms with Gasteiger partial charge in [-0.15, -0.1) is 0 Å². The average molecular weight is 168 g/mol. The van der Waals surface area contributed by atoms with E-state index >= 15 is 0 Å². The van der Waals surface area contributed by atoms with Crippen LogP contribution in [0.15, 0.2) is 12.4 Å². The van der Waals surface area contributed by atoms with Crippen molar-refractivity contribution < 1.29 is 4.74 Å². The number of rotatable bonds is 4. The number of hydrogen-bond acceptors (Lipinski definition) is 2. The molecule has 1 rings (SSSR count). The van der Waals surface area contributed by atoms with E-state index in [0.717, 1.165) is 12.4 Å². The highest BCUT2D eigenvalue weighted by molar-refractivity contribution is 4.89. The summed E-state index contributed by atoms with van der Waals surface area (Å²) in [5.74, 6) is 1.01. The van der Waals surface area contributed by atoms with Crippen LogP contribution in [-0.4, -0.2) is 15.7 Å². The molecular formula is C9H16N2O. The Morgan fingerprint density at radius 2 is 2.33 bits per heavy atom. The summed E-state index contributed by atoms with van der Waals surface area (Å²) < 4.78 is 7.53. The number of aromatic nitrogens is 2. The second-order valence-corrected chi connectivity index (χ2v) is 2.99. The largest absolute Gasteiger partial charge is 0.371 e. The SMILES string of the molecule is CCn1ccnc1COC(C)C. The van der Waals surface area contributed by atoms with Gasteiger partial charge in [-0.3, -0.25) is 0 Å². The first-order chi connectivity index (χ1) is 5.74. The van der Waals surface area contributed by atoms with E-state index in [1.54, 1.807) is 0 Å². The molecule has 0 atom stereocenters. The van der Waals surface area contributed by atoms with Crippen LogP contribution in [0, 0.1) is 0 Å². The van der Waals surface area contributed by atoms with Crippen LogP contribution < -0.4 is 0 Å². The minimum Gasteiger partial charge on any atom is -0.371 e. The van der Waals surface area contributed by atoms with E-state index in [9.17, 15) is 0 Å². The molecule has 1 heterocycles. The Labute approximate surface area is 73.4 Å². The van der Waals surface area contributed by atoms with E-state index in [4.69, 9.17) is 4.74 Å². The number of imidazole rings is 1. The lowest BCUT2D eigenvalue weighted by atomic mass is 10.5. The summed E-state index contributed by atoms with van der Waals surface area (Å²) in [6.45, 7) is 7.72. The van der Waals surface area contributed by atoms with Crippen LogP contribution in [0.25, 0.3) is 0 Å². The Morgan fingerprint density at radius 1 is 1.58 bits per heavy atom. The molecule has 0 aliphatic heterocycles. The summed E-state index contributed by atoms with van der Waals surface area (Å²) in [6.07, 6.45) is 4.05. The van der Waals surface area contributed by atoms with Crippen LogP contribution >= 0.6 is 0 Å². The molecule has 0 unspecified atom stereocenters. The molecule has 0 saturated heterocycles. The van der Waals surface area contributed by atoms with Crippen molar-refractivity contribution in [3.05, 3.63) is 18.2 Å². The molecule has 3 nitrogen and oxygen atoms in total. The van der Waals surface area contributed by atoms with Gasteiger partial charge in [-0.05, 0) is 20.8 Å². The molecule has 68 valence electrons. The van der Waals surface area contributed by atoms with Crippen molar-refractivity contribution >= 4 is 0 Å². The van der Waals surface area contributed by atoms with Gasteiger partial charge in [-0.2, -0.15) is 0 Å². The Balaban J connectivity index is 2.50. The summed E-state index contributed by atoms with van der Waals surface area (Å²) >= 11 is 0. The van der Waals surface area contributed by atoms with Crippen molar-refractivity contribution in [2.45, 2.75) is 40.0 Å². The molecule has 0 fully saturated rings. The monoisotopic (exact) mass is 168 g/mol. The normalized spacial score (nSPS) is 11.0. The predicted molar refractivity (Wildman–Crippen MR) is 47.8 cm³/mol. The van der Waals surface area contributed by atoms with Gasteiger partial charge in [0.1, 0.15) is 12.4 Å². The molecule has 0 N–H and O–H groups in total. The third kappa shape index (κ3) is 2.34. The molecule has 3 heteroatoms. The summed E-state index contributed by atoms with van der Waals surface area (Å²) in [5.41, 5.74) is 0. The zero-order chi connectivity index (χ0) is 8.97. The molecule has 0 aliphatic carbocycles. The Hall–Kier alpha value is -0.830. The van der Waals surface area contributed by atoms with Gasteiger partial charge >= 0.3 is 0 Å². The van der Waals surface area contributed by atoms with Gasteiger partial charge in [0, 0.05) is 18.9 Å². The smallest absolute Gasteiger partial charge is 0.134 e. The molecule has 0 saturated carbocycles. The first-order valence-electron chi connectivity index (χ1n) is 4.35. The van der Waals surface area contributed by atoms with Crippen LogP contribution in [0.1, 0.15) is 26.6 Å². The van der Waals surface area contributed by atoms with Crippen LogP contribution in [0.2, 0.25) is 0 Å².